The number of benzene rings is 2. The largest absolute Gasteiger partial charge is 0.496 e. The van der Waals surface area contributed by atoms with E-state index in [-0.39, 0.29) is 12.5 Å². The number of ether oxygens (including phenoxy) is 2. The van der Waals surface area contributed by atoms with Crippen molar-refractivity contribution in [1.29, 1.82) is 0 Å². The van der Waals surface area contributed by atoms with Crippen LogP contribution in [0.25, 0.3) is 0 Å². The van der Waals surface area contributed by atoms with Crippen molar-refractivity contribution in [2.24, 2.45) is 4.99 Å². The molecule has 1 saturated carbocycles. The first kappa shape index (κ1) is 22.5. The number of carbonyl (C=O) groups is 1. The Labute approximate surface area is 184 Å². The number of para-hydroxylation sites is 1. The topological polar surface area (TPSA) is 75.2 Å². The monoisotopic (exact) mass is 424 g/mol. The average Bonchev–Trinajstić information content (AvgIpc) is 3.60. The molecule has 0 aliphatic heterocycles. The maximum Gasteiger partial charge on any atom is 0.258 e. The predicted molar refractivity (Wildman–Crippen MR) is 123 cm³/mol. The van der Waals surface area contributed by atoms with Gasteiger partial charge in [-0.1, -0.05) is 30.3 Å². The molecule has 0 saturated heterocycles. The third-order valence-electron chi connectivity index (χ3n) is 5.11. The Bertz CT molecular complexity index is 879. The summed E-state index contributed by atoms with van der Waals surface area (Å²) in [7, 11) is 5.48. The number of nitrogens with one attached hydrogen (secondary N) is 2. The number of rotatable bonds is 10. The molecule has 2 N–H and O–H groups in total. The van der Waals surface area contributed by atoms with Crippen molar-refractivity contribution in [3.63, 3.8) is 0 Å². The Morgan fingerprint density at radius 1 is 1.16 bits per heavy atom. The van der Waals surface area contributed by atoms with E-state index >= 15 is 0 Å². The van der Waals surface area contributed by atoms with Crippen molar-refractivity contribution < 1.29 is 14.3 Å². The lowest BCUT2D eigenvalue weighted by Crippen LogP contribution is -2.39. The van der Waals surface area contributed by atoms with Crippen LogP contribution in [0.3, 0.4) is 0 Å². The van der Waals surface area contributed by atoms with Gasteiger partial charge in [0.15, 0.2) is 12.6 Å². The first-order valence-electron chi connectivity index (χ1n) is 10.6. The minimum absolute atomic E-state index is 0.0561. The van der Waals surface area contributed by atoms with Crippen LogP contribution in [0.5, 0.6) is 11.5 Å². The van der Waals surface area contributed by atoms with Crippen LogP contribution in [0.2, 0.25) is 0 Å². The fourth-order valence-corrected chi connectivity index (χ4v) is 3.27. The quantitative estimate of drug-likeness (QED) is 0.453. The predicted octanol–water partition coefficient (Wildman–Crippen LogP) is 2.60. The number of amides is 1. The van der Waals surface area contributed by atoms with Crippen LogP contribution in [-0.4, -0.2) is 57.2 Å². The van der Waals surface area contributed by atoms with Crippen molar-refractivity contribution in [3.8, 4) is 11.5 Å². The lowest BCUT2D eigenvalue weighted by Gasteiger charge is -2.23. The number of hydrogen-bond donors (Lipinski definition) is 2. The molecule has 0 aromatic heterocycles. The second-order valence-electron chi connectivity index (χ2n) is 7.67. The van der Waals surface area contributed by atoms with Gasteiger partial charge in [-0.25, -0.2) is 0 Å². The number of aliphatic imine (C=N–C) groups is 1. The zero-order valence-corrected chi connectivity index (χ0v) is 18.6. The highest BCUT2D eigenvalue weighted by atomic mass is 16.5. The summed E-state index contributed by atoms with van der Waals surface area (Å²) < 4.78 is 11.0. The zero-order chi connectivity index (χ0) is 22.1. The molecule has 166 valence electrons. The molecule has 7 nitrogen and oxygen atoms in total. The normalized spacial score (nSPS) is 13.5. The molecule has 1 amide bonds. The molecule has 0 unspecified atom stereocenters. The van der Waals surface area contributed by atoms with E-state index in [1.807, 2.05) is 49.5 Å². The van der Waals surface area contributed by atoms with E-state index in [1.165, 1.54) is 5.56 Å². The van der Waals surface area contributed by atoms with E-state index < -0.39 is 0 Å². The van der Waals surface area contributed by atoms with Gasteiger partial charge in [0.25, 0.3) is 5.91 Å². The second kappa shape index (κ2) is 11.2. The minimum Gasteiger partial charge on any atom is -0.496 e. The second-order valence-corrected chi connectivity index (χ2v) is 7.67. The van der Waals surface area contributed by atoms with Crippen molar-refractivity contribution in [1.82, 2.24) is 15.5 Å². The highest BCUT2D eigenvalue weighted by Gasteiger charge is 2.23. The lowest BCUT2D eigenvalue weighted by molar-refractivity contribution is -0.123. The van der Waals surface area contributed by atoms with Gasteiger partial charge in [-0.2, -0.15) is 0 Å². The third-order valence-corrected chi connectivity index (χ3v) is 5.11. The van der Waals surface area contributed by atoms with Gasteiger partial charge in [0.1, 0.15) is 11.5 Å². The van der Waals surface area contributed by atoms with Gasteiger partial charge in [0, 0.05) is 38.8 Å². The Kier molecular flexibility index (Phi) is 8.15. The molecule has 2 aromatic rings. The number of guanidine groups is 1. The molecule has 2 aromatic carbocycles. The molecular formula is C24H32N4O3. The summed E-state index contributed by atoms with van der Waals surface area (Å²) in [4.78, 5) is 18.2. The molecule has 31 heavy (non-hydrogen) atoms. The van der Waals surface area contributed by atoms with Gasteiger partial charge in [-0.05, 0) is 43.0 Å². The Morgan fingerprint density at radius 2 is 1.90 bits per heavy atom. The van der Waals surface area contributed by atoms with Gasteiger partial charge in [0.05, 0.1) is 7.11 Å². The number of methoxy groups -OCH3 is 1. The zero-order valence-electron chi connectivity index (χ0n) is 18.6. The van der Waals surface area contributed by atoms with Gasteiger partial charge in [-0.15, -0.1) is 0 Å². The van der Waals surface area contributed by atoms with E-state index in [9.17, 15) is 4.79 Å². The number of nitrogens with zero attached hydrogens (tertiary/aromatic N) is 2. The van der Waals surface area contributed by atoms with Crippen LogP contribution in [0, 0.1) is 0 Å². The maximum absolute atomic E-state index is 11.7. The molecule has 3 rings (SSSR count). The molecule has 0 radical (unpaired) electrons. The Morgan fingerprint density at radius 3 is 2.58 bits per heavy atom. The maximum atomic E-state index is 11.7. The van der Waals surface area contributed by atoms with E-state index in [4.69, 9.17) is 9.47 Å². The fraction of sp³-hybridized carbons (Fsp3) is 0.417. The third kappa shape index (κ3) is 7.20. The van der Waals surface area contributed by atoms with Crippen molar-refractivity contribution >= 4 is 11.9 Å². The van der Waals surface area contributed by atoms with Crippen LogP contribution in [0.15, 0.2) is 53.5 Å². The molecule has 7 heteroatoms. The molecule has 0 heterocycles. The Hall–Kier alpha value is -3.22. The van der Waals surface area contributed by atoms with Crippen LogP contribution in [0.4, 0.5) is 0 Å². The van der Waals surface area contributed by atoms with E-state index in [1.54, 1.807) is 14.2 Å². The van der Waals surface area contributed by atoms with Crippen LogP contribution < -0.4 is 20.1 Å². The highest BCUT2D eigenvalue weighted by molar-refractivity contribution is 5.79. The molecule has 0 bridgehead atoms. The number of hydrogen-bond acceptors (Lipinski definition) is 4. The van der Waals surface area contributed by atoms with Crippen molar-refractivity contribution in [2.45, 2.75) is 31.8 Å². The molecular weight excluding hydrogens is 392 g/mol. The summed E-state index contributed by atoms with van der Waals surface area (Å²) in [5.41, 5.74) is 2.29. The van der Waals surface area contributed by atoms with Crippen LogP contribution in [0.1, 0.15) is 24.0 Å². The van der Waals surface area contributed by atoms with Crippen molar-refractivity contribution in [3.05, 3.63) is 59.7 Å². The average molecular weight is 425 g/mol. The summed E-state index contributed by atoms with van der Waals surface area (Å²) in [6.45, 7) is 1.52. The summed E-state index contributed by atoms with van der Waals surface area (Å²) >= 11 is 0. The molecule has 0 spiro atoms. The summed E-state index contributed by atoms with van der Waals surface area (Å²) in [5.74, 6) is 2.35. The van der Waals surface area contributed by atoms with Gasteiger partial charge in [-0.3, -0.25) is 9.79 Å². The highest BCUT2D eigenvalue weighted by Crippen LogP contribution is 2.19. The SMILES string of the molecule is CN=C(NCCc1ccc(OCC(=O)NC2CC2)cc1)N(C)Cc1ccccc1OC. The summed E-state index contributed by atoms with van der Waals surface area (Å²) in [6, 6.07) is 16.2. The Balaban J connectivity index is 1.42. The van der Waals surface area contributed by atoms with Crippen molar-refractivity contribution in [2.75, 3.05) is 34.4 Å². The fourth-order valence-electron chi connectivity index (χ4n) is 3.27. The first-order chi connectivity index (χ1) is 15.1. The molecule has 0 atom stereocenters. The first-order valence-corrected chi connectivity index (χ1v) is 10.6. The number of carbonyl (C=O) groups excluding carboxylic acids is 1. The van der Waals surface area contributed by atoms with Gasteiger partial charge in [0.2, 0.25) is 0 Å². The summed E-state index contributed by atoms with van der Waals surface area (Å²) in [6.07, 6.45) is 3.01. The van der Waals surface area contributed by atoms with Crippen LogP contribution in [-0.2, 0) is 17.8 Å². The van der Waals surface area contributed by atoms with Gasteiger partial charge < -0.3 is 25.0 Å². The smallest absolute Gasteiger partial charge is 0.258 e. The lowest BCUT2D eigenvalue weighted by atomic mass is 10.1. The van der Waals surface area contributed by atoms with E-state index in [0.29, 0.717) is 18.3 Å². The van der Waals surface area contributed by atoms with E-state index in [0.717, 1.165) is 43.1 Å². The van der Waals surface area contributed by atoms with Gasteiger partial charge >= 0.3 is 0 Å². The molecule has 1 aliphatic rings. The van der Waals surface area contributed by atoms with Crippen LogP contribution >= 0.6 is 0 Å². The molecule has 1 aliphatic carbocycles. The van der Waals surface area contributed by atoms with E-state index in [2.05, 4.69) is 26.6 Å². The molecule has 1 fully saturated rings. The minimum atomic E-state index is -0.0561. The standard InChI is InChI=1S/C24H32N4O3/c1-25-24(28(2)16-19-6-4-5-7-22(19)30-3)26-15-14-18-8-12-21(13-9-18)31-17-23(29)27-20-10-11-20/h4-9,12-13,20H,10-11,14-17H2,1-3H3,(H,25,26)(H,27,29). The summed E-state index contributed by atoms with van der Waals surface area (Å²) in [5, 5.41) is 6.32.